The monoisotopic (exact) mass is 333 g/mol. The van der Waals surface area contributed by atoms with Gasteiger partial charge in [0.2, 0.25) is 5.91 Å². The van der Waals surface area contributed by atoms with Gasteiger partial charge < -0.3 is 21.1 Å². The van der Waals surface area contributed by atoms with Gasteiger partial charge in [-0.05, 0) is 56.4 Å². The van der Waals surface area contributed by atoms with Gasteiger partial charge in [-0.15, -0.1) is 0 Å². The molecule has 1 saturated carbocycles. The Kier molecular flexibility index (Phi) is 6.24. The van der Waals surface area contributed by atoms with Crippen molar-refractivity contribution in [3.05, 3.63) is 24.3 Å². The summed E-state index contributed by atoms with van der Waals surface area (Å²) in [6.45, 7) is 6.66. The van der Waals surface area contributed by atoms with Crippen molar-refractivity contribution < 1.29 is 9.53 Å². The van der Waals surface area contributed by atoms with Crippen molar-refractivity contribution in [3.63, 3.8) is 0 Å². The van der Waals surface area contributed by atoms with Crippen LogP contribution in [0.1, 0.15) is 46.5 Å². The van der Waals surface area contributed by atoms with E-state index < -0.39 is 5.54 Å². The maximum atomic E-state index is 12.0. The zero-order chi connectivity index (χ0) is 17.7. The van der Waals surface area contributed by atoms with Crippen LogP contribution in [-0.4, -0.2) is 30.6 Å². The molecule has 0 aliphatic heterocycles. The quantitative estimate of drug-likeness (QED) is 0.766. The second-order valence-corrected chi connectivity index (χ2v) is 7.20. The zero-order valence-corrected chi connectivity index (χ0v) is 15.1. The second kappa shape index (κ2) is 7.99. The van der Waals surface area contributed by atoms with Crippen molar-refractivity contribution in [1.29, 1.82) is 0 Å². The smallest absolute Gasteiger partial charge is 0.223 e. The van der Waals surface area contributed by atoms with E-state index in [1.165, 1.54) is 19.3 Å². The fourth-order valence-corrected chi connectivity index (χ4v) is 2.68. The number of anilines is 1. The third kappa shape index (κ3) is 4.71. The molecule has 24 heavy (non-hydrogen) atoms. The van der Waals surface area contributed by atoms with Gasteiger partial charge in [0.25, 0.3) is 0 Å². The maximum Gasteiger partial charge on any atom is 0.223 e. The Hall–Kier alpha value is -1.59. The number of nitrogens with zero attached hydrogens (tertiary/aromatic N) is 1. The molecular weight excluding hydrogens is 302 g/mol. The number of carbonyl (C=O) groups excluding carboxylic acids is 1. The Morgan fingerprint density at radius 1 is 1.38 bits per heavy atom. The molecule has 1 aromatic rings. The first-order valence-electron chi connectivity index (χ1n) is 8.89. The summed E-state index contributed by atoms with van der Waals surface area (Å²) in [5.41, 5.74) is 12.8. The van der Waals surface area contributed by atoms with E-state index >= 15 is 0 Å². The average Bonchev–Trinajstić information content (AvgIpc) is 2.51. The number of hydrogen-bond acceptors (Lipinski definition) is 4. The van der Waals surface area contributed by atoms with Crippen LogP contribution in [0.4, 0.5) is 5.69 Å². The summed E-state index contributed by atoms with van der Waals surface area (Å²) < 4.78 is 5.81. The van der Waals surface area contributed by atoms with Crippen molar-refractivity contribution in [1.82, 2.24) is 0 Å². The summed E-state index contributed by atoms with van der Waals surface area (Å²) >= 11 is 0. The number of ether oxygens (including phenoxy) is 1. The van der Waals surface area contributed by atoms with E-state index in [9.17, 15) is 4.79 Å². The van der Waals surface area contributed by atoms with Crippen LogP contribution in [0.2, 0.25) is 0 Å². The normalized spacial score (nSPS) is 18.4. The maximum absolute atomic E-state index is 12.0. The Balaban J connectivity index is 2.00. The van der Waals surface area contributed by atoms with Gasteiger partial charge >= 0.3 is 0 Å². The van der Waals surface area contributed by atoms with Crippen LogP contribution in [0.5, 0.6) is 5.75 Å². The lowest BCUT2D eigenvalue weighted by atomic mass is 9.86. The van der Waals surface area contributed by atoms with Crippen molar-refractivity contribution in [2.24, 2.45) is 17.4 Å². The van der Waals surface area contributed by atoms with Gasteiger partial charge in [-0.3, -0.25) is 4.79 Å². The van der Waals surface area contributed by atoms with Crippen molar-refractivity contribution in [2.45, 2.75) is 58.0 Å². The van der Waals surface area contributed by atoms with Crippen LogP contribution in [-0.2, 0) is 4.79 Å². The predicted octanol–water partition coefficient (Wildman–Crippen LogP) is 2.67. The summed E-state index contributed by atoms with van der Waals surface area (Å²) in [4.78, 5) is 13.7. The molecule has 0 bridgehead atoms. The molecule has 0 aromatic heterocycles. The lowest BCUT2D eigenvalue weighted by molar-refractivity contribution is -0.116. The molecule has 1 aliphatic carbocycles. The molecule has 4 N–H and O–H groups in total. The standard InChI is InChI=1S/C19H31N3O2/c1-4-19(3,21)18(20)12-22(14(2)23)16-8-10-17(11-9-16)24-13-15-6-5-7-15/h8-11,15,18H,4-7,12-13,20-21H2,1-3H3. The van der Waals surface area contributed by atoms with Crippen LogP contribution >= 0.6 is 0 Å². The van der Waals surface area contributed by atoms with E-state index in [0.29, 0.717) is 12.5 Å². The lowest BCUT2D eigenvalue weighted by Gasteiger charge is -2.34. The van der Waals surface area contributed by atoms with Crippen LogP contribution in [0.15, 0.2) is 24.3 Å². The van der Waals surface area contributed by atoms with Gasteiger partial charge in [0, 0.05) is 30.7 Å². The van der Waals surface area contributed by atoms with Crippen molar-refractivity contribution in [2.75, 3.05) is 18.1 Å². The number of benzene rings is 1. The Labute approximate surface area is 145 Å². The van der Waals surface area contributed by atoms with Gasteiger partial charge in [-0.2, -0.15) is 0 Å². The van der Waals surface area contributed by atoms with Gasteiger partial charge in [0.05, 0.1) is 6.61 Å². The third-order valence-electron chi connectivity index (χ3n) is 5.23. The van der Waals surface area contributed by atoms with E-state index in [1.807, 2.05) is 38.1 Å². The van der Waals surface area contributed by atoms with Crippen LogP contribution in [0.3, 0.4) is 0 Å². The highest BCUT2D eigenvalue weighted by Crippen LogP contribution is 2.28. The number of nitrogens with two attached hydrogens (primary N) is 2. The first-order valence-corrected chi connectivity index (χ1v) is 8.89. The van der Waals surface area contributed by atoms with Gasteiger partial charge in [0.1, 0.15) is 5.75 Å². The predicted molar refractivity (Wildman–Crippen MR) is 98.2 cm³/mol. The fraction of sp³-hybridized carbons (Fsp3) is 0.632. The molecule has 1 amide bonds. The molecule has 5 nitrogen and oxygen atoms in total. The largest absolute Gasteiger partial charge is 0.493 e. The minimum atomic E-state index is -0.500. The van der Waals surface area contributed by atoms with Gasteiger partial charge in [-0.1, -0.05) is 13.3 Å². The van der Waals surface area contributed by atoms with Crippen LogP contribution in [0.25, 0.3) is 0 Å². The number of rotatable bonds is 8. The summed E-state index contributed by atoms with van der Waals surface area (Å²) in [5.74, 6) is 1.50. The van der Waals surface area contributed by atoms with Crippen molar-refractivity contribution in [3.8, 4) is 5.75 Å². The van der Waals surface area contributed by atoms with Crippen LogP contribution in [0, 0.1) is 5.92 Å². The van der Waals surface area contributed by atoms with Gasteiger partial charge in [0.15, 0.2) is 0 Å². The molecule has 1 fully saturated rings. The number of amides is 1. The van der Waals surface area contributed by atoms with E-state index in [2.05, 4.69) is 0 Å². The molecule has 2 atom stereocenters. The molecule has 0 spiro atoms. The minimum absolute atomic E-state index is 0.0412. The minimum Gasteiger partial charge on any atom is -0.493 e. The highest BCUT2D eigenvalue weighted by Gasteiger charge is 2.28. The third-order valence-corrected chi connectivity index (χ3v) is 5.23. The molecule has 134 valence electrons. The molecule has 5 heteroatoms. The van der Waals surface area contributed by atoms with E-state index in [4.69, 9.17) is 16.2 Å². The first kappa shape index (κ1) is 18.7. The second-order valence-electron chi connectivity index (χ2n) is 7.20. The summed E-state index contributed by atoms with van der Waals surface area (Å²) in [6.07, 6.45) is 4.61. The molecule has 2 rings (SSSR count). The SMILES string of the molecule is CCC(C)(N)C(N)CN(C(C)=O)c1ccc(OCC2CCC2)cc1. The summed E-state index contributed by atoms with van der Waals surface area (Å²) in [6, 6.07) is 7.35. The molecule has 0 saturated heterocycles. The molecular formula is C19H31N3O2. The first-order chi connectivity index (χ1) is 11.3. The van der Waals surface area contributed by atoms with E-state index in [1.54, 1.807) is 11.8 Å². The summed E-state index contributed by atoms with van der Waals surface area (Å²) in [7, 11) is 0. The fourth-order valence-electron chi connectivity index (χ4n) is 2.68. The van der Waals surface area contributed by atoms with Crippen LogP contribution < -0.4 is 21.1 Å². The highest BCUT2D eigenvalue weighted by atomic mass is 16.5. The highest BCUT2D eigenvalue weighted by molar-refractivity contribution is 5.91. The zero-order valence-electron chi connectivity index (χ0n) is 15.1. The van der Waals surface area contributed by atoms with Crippen molar-refractivity contribution >= 4 is 11.6 Å². The topological polar surface area (TPSA) is 81.6 Å². The molecule has 1 aliphatic rings. The number of hydrogen-bond donors (Lipinski definition) is 2. The summed E-state index contributed by atoms with van der Waals surface area (Å²) in [5, 5.41) is 0. The lowest BCUT2D eigenvalue weighted by Crippen LogP contribution is -2.58. The molecule has 0 radical (unpaired) electrons. The number of carbonyl (C=O) groups is 1. The molecule has 2 unspecified atom stereocenters. The average molecular weight is 333 g/mol. The molecule has 0 heterocycles. The van der Waals surface area contributed by atoms with Gasteiger partial charge in [-0.25, -0.2) is 0 Å². The Bertz CT molecular complexity index is 538. The Morgan fingerprint density at radius 2 is 2.00 bits per heavy atom. The van der Waals surface area contributed by atoms with E-state index in [0.717, 1.165) is 24.5 Å². The van der Waals surface area contributed by atoms with E-state index in [-0.39, 0.29) is 11.9 Å². The Morgan fingerprint density at radius 3 is 2.46 bits per heavy atom. The molecule has 1 aromatic carbocycles.